The molecule has 2 aliphatic rings. The van der Waals surface area contributed by atoms with E-state index >= 15 is 0 Å². The van der Waals surface area contributed by atoms with E-state index < -0.39 is 0 Å². The molecular formula is C16H12ClN2O+. The number of hydrogen-bond acceptors (Lipinski definition) is 2. The molecule has 0 bridgehead atoms. The van der Waals surface area contributed by atoms with Crippen LogP contribution in [0.1, 0.15) is 5.56 Å². The van der Waals surface area contributed by atoms with Crippen molar-refractivity contribution >= 4 is 23.6 Å². The Bertz CT molecular complexity index is 736. The molecule has 0 aromatic heterocycles. The van der Waals surface area contributed by atoms with Gasteiger partial charge in [0.2, 0.25) is 6.34 Å². The standard InChI is InChI=1S/C16H12ClN2O/c17-13-5-7-15(8-6-13)20-19-11-18-10-14(19)9-12-3-1-2-4-16(12)19/h1-8,10-11H,9H2/q+1. The fourth-order valence-corrected chi connectivity index (χ4v) is 2.85. The zero-order valence-corrected chi connectivity index (χ0v) is 11.4. The van der Waals surface area contributed by atoms with Crippen LogP contribution in [0.4, 0.5) is 5.69 Å². The highest BCUT2D eigenvalue weighted by Crippen LogP contribution is 2.43. The minimum Gasteiger partial charge on any atom is -0.298 e. The number of hydrogen-bond donors (Lipinski definition) is 0. The lowest BCUT2D eigenvalue weighted by Gasteiger charge is -2.25. The van der Waals surface area contributed by atoms with Gasteiger partial charge in [0, 0.05) is 16.7 Å². The summed E-state index contributed by atoms with van der Waals surface area (Å²) >= 11 is 5.92. The lowest BCUT2D eigenvalue weighted by molar-refractivity contribution is 0.0762. The first-order valence-corrected chi connectivity index (χ1v) is 6.82. The molecule has 0 saturated carbocycles. The number of nitrogens with zero attached hydrogens (tertiary/aromatic N) is 2. The molecule has 0 saturated heterocycles. The SMILES string of the molecule is Clc1ccc(O[N+]23C=NC=C2Cc2ccccc23)cc1. The summed E-state index contributed by atoms with van der Waals surface area (Å²) in [5, 5.41) is 0.699. The van der Waals surface area contributed by atoms with E-state index in [1.165, 1.54) is 5.56 Å². The van der Waals surface area contributed by atoms with Crippen LogP contribution in [0.5, 0.6) is 5.75 Å². The summed E-state index contributed by atoms with van der Waals surface area (Å²) in [5.74, 6) is 0.769. The third-order valence-corrected chi connectivity index (χ3v) is 3.92. The van der Waals surface area contributed by atoms with Crippen LogP contribution in [-0.2, 0) is 6.42 Å². The van der Waals surface area contributed by atoms with Crippen LogP contribution in [0, 0.1) is 0 Å². The van der Waals surface area contributed by atoms with E-state index in [0.29, 0.717) is 5.02 Å². The minimum atomic E-state index is 0.234. The molecule has 4 rings (SSSR count). The zero-order valence-electron chi connectivity index (χ0n) is 10.7. The van der Waals surface area contributed by atoms with E-state index in [0.717, 1.165) is 23.6 Å². The molecule has 0 aliphatic carbocycles. The number of allylic oxidation sites excluding steroid dienone is 1. The van der Waals surface area contributed by atoms with Gasteiger partial charge in [-0.3, -0.25) is 4.84 Å². The molecule has 2 aromatic rings. The van der Waals surface area contributed by atoms with Gasteiger partial charge in [-0.15, -0.1) is 0 Å². The van der Waals surface area contributed by atoms with Crippen LogP contribution in [0.3, 0.4) is 0 Å². The quantitative estimate of drug-likeness (QED) is 0.761. The predicted octanol–water partition coefficient (Wildman–Crippen LogP) is 4.08. The lowest BCUT2D eigenvalue weighted by Crippen LogP contribution is -2.46. The Balaban J connectivity index is 1.80. The summed E-state index contributed by atoms with van der Waals surface area (Å²) in [4.78, 5) is 10.5. The summed E-state index contributed by atoms with van der Waals surface area (Å²) in [6, 6.07) is 15.7. The Morgan fingerprint density at radius 3 is 2.70 bits per heavy atom. The van der Waals surface area contributed by atoms with Crippen LogP contribution < -0.4 is 9.48 Å². The number of aliphatic imine (C=N–C) groups is 1. The number of fused-ring (bicyclic) bond motifs is 3. The van der Waals surface area contributed by atoms with Crippen molar-refractivity contribution in [2.45, 2.75) is 6.42 Å². The van der Waals surface area contributed by atoms with E-state index in [4.69, 9.17) is 16.4 Å². The number of para-hydroxylation sites is 1. The maximum absolute atomic E-state index is 6.23. The average Bonchev–Trinajstić information content (AvgIpc) is 2.97. The van der Waals surface area contributed by atoms with Gasteiger partial charge in [0.05, 0.1) is 12.6 Å². The van der Waals surface area contributed by atoms with Crippen LogP contribution in [0.15, 0.2) is 65.4 Å². The van der Waals surface area contributed by atoms with Crippen molar-refractivity contribution in [3.63, 3.8) is 0 Å². The van der Waals surface area contributed by atoms with Crippen molar-refractivity contribution < 1.29 is 4.84 Å². The molecule has 0 spiro atoms. The van der Waals surface area contributed by atoms with Gasteiger partial charge >= 0.3 is 0 Å². The Morgan fingerprint density at radius 1 is 1.05 bits per heavy atom. The van der Waals surface area contributed by atoms with Gasteiger partial charge in [0.25, 0.3) is 0 Å². The summed E-state index contributed by atoms with van der Waals surface area (Å²) in [6.07, 6.45) is 4.58. The third kappa shape index (κ3) is 1.60. The van der Waals surface area contributed by atoms with Gasteiger partial charge in [-0.05, 0) is 28.9 Å². The molecule has 1 unspecified atom stereocenters. The first-order valence-electron chi connectivity index (χ1n) is 6.44. The molecule has 2 heterocycles. The number of rotatable bonds is 2. The van der Waals surface area contributed by atoms with E-state index in [1.807, 2.05) is 42.9 Å². The van der Waals surface area contributed by atoms with E-state index in [-0.39, 0.29) is 4.65 Å². The Labute approximate surface area is 121 Å². The highest BCUT2D eigenvalue weighted by atomic mass is 35.5. The molecular weight excluding hydrogens is 272 g/mol. The second-order valence-corrected chi connectivity index (χ2v) is 5.33. The molecule has 0 fully saturated rings. The van der Waals surface area contributed by atoms with Crippen molar-refractivity contribution in [1.29, 1.82) is 0 Å². The number of quaternary nitrogens is 1. The summed E-state index contributed by atoms with van der Waals surface area (Å²) in [6.45, 7) is 0. The fraction of sp³-hybridized carbons (Fsp3) is 0.0625. The van der Waals surface area contributed by atoms with Gasteiger partial charge < -0.3 is 0 Å². The van der Waals surface area contributed by atoms with E-state index in [2.05, 4.69) is 23.2 Å². The molecule has 0 amide bonds. The van der Waals surface area contributed by atoms with Gasteiger partial charge in [0.1, 0.15) is 0 Å². The van der Waals surface area contributed by atoms with Gasteiger partial charge in [-0.25, -0.2) is 4.99 Å². The molecule has 20 heavy (non-hydrogen) atoms. The van der Waals surface area contributed by atoms with E-state index in [1.54, 1.807) is 0 Å². The molecule has 0 N–H and O–H groups in total. The fourth-order valence-electron chi connectivity index (χ4n) is 2.73. The van der Waals surface area contributed by atoms with Crippen molar-refractivity contribution in [2.75, 3.05) is 0 Å². The highest BCUT2D eigenvalue weighted by molar-refractivity contribution is 6.30. The zero-order chi connectivity index (χ0) is 13.6. The second-order valence-electron chi connectivity index (χ2n) is 4.89. The van der Waals surface area contributed by atoms with Crippen LogP contribution >= 0.6 is 11.6 Å². The largest absolute Gasteiger partial charge is 0.298 e. The van der Waals surface area contributed by atoms with Crippen molar-refractivity contribution in [3.05, 3.63) is 71.0 Å². The molecule has 2 aliphatic heterocycles. The topological polar surface area (TPSA) is 21.6 Å². The average molecular weight is 284 g/mol. The van der Waals surface area contributed by atoms with Crippen LogP contribution in [0.2, 0.25) is 5.02 Å². The molecule has 98 valence electrons. The highest BCUT2D eigenvalue weighted by Gasteiger charge is 2.48. The summed E-state index contributed by atoms with van der Waals surface area (Å²) in [7, 11) is 0. The number of hydroxylamine groups is 2. The van der Waals surface area contributed by atoms with Crippen LogP contribution in [0.25, 0.3) is 0 Å². The molecule has 2 aromatic carbocycles. The van der Waals surface area contributed by atoms with Crippen molar-refractivity contribution in [3.8, 4) is 5.75 Å². The minimum absolute atomic E-state index is 0.234. The summed E-state index contributed by atoms with van der Waals surface area (Å²) < 4.78 is 0.234. The predicted molar refractivity (Wildman–Crippen MR) is 80.6 cm³/mol. The maximum atomic E-state index is 6.23. The Morgan fingerprint density at radius 2 is 1.85 bits per heavy atom. The Hall–Kier alpha value is -2.10. The number of benzene rings is 2. The van der Waals surface area contributed by atoms with Crippen molar-refractivity contribution in [1.82, 2.24) is 4.65 Å². The monoisotopic (exact) mass is 283 g/mol. The molecule has 0 radical (unpaired) electrons. The summed E-state index contributed by atoms with van der Waals surface area (Å²) in [5.41, 5.74) is 3.52. The van der Waals surface area contributed by atoms with Gasteiger partial charge in [0.15, 0.2) is 17.1 Å². The first-order chi connectivity index (χ1) is 9.78. The lowest BCUT2D eigenvalue weighted by atomic mass is 10.1. The smallest absolute Gasteiger partial charge is 0.243 e. The van der Waals surface area contributed by atoms with Gasteiger partial charge in [-0.1, -0.05) is 29.8 Å². The second kappa shape index (κ2) is 4.20. The van der Waals surface area contributed by atoms with Gasteiger partial charge in [-0.2, -0.15) is 0 Å². The normalized spacial score (nSPS) is 22.4. The molecule has 1 atom stereocenters. The maximum Gasteiger partial charge on any atom is 0.243 e. The van der Waals surface area contributed by atoms with Crippen molar-refractivity contribution in [2.24, 2.45) is 4.99 Å². The Kier molecular flexibility index (Phi) is 2.46. The van der Waals surface area contributed by atoms with Crippen LogP contribution in [-0.4, -0.2) is 6.34 Å². The first kappa shape index (κ1) is 11.7. The molecule has 3 nitrogen and oxygen atoms in total. The molecule has 4 heteroatoms. The van der Waals surface area contributed by atoms with E-state index in [9.17, 15) is 0 Å². The number of halogens is 1. The third-order valence-electron chi connectivity index (χ3n) is 3.66.